The van der Waals surface area contributed by atoms with E-state index in [1.165, 1.54) is 0 Å². The van der Waals surface area contributed by atoms with Gasteiger partial charge in [0.05, 0.1) is 0 Å². The number of nitrogens with zero attached hydrogens (tertiary/aromatic N) is 2. The van der Waals surface area contributed by atoms with Crippen LogP contribution in [-0.4, -0.2) is 26.1 Å². The van der Waals surface area contributed by atoms with Crippen LogP contribution in [0.1, 0.15) is 22.5 Å². The summed E-state index contributed by atoms with van der Waals surface area (Å²) in [6.07, 6.45) is -8.76. The molecule has 0 saturated carbocycles. The molecule has 0 bridgehead atoms. The third-order valence-corrected chi connectivity index (χ3v) is 2.37. The van der Waals surface area contributed by atoms with Crippen molar-refractivity contribution in [1.82, 2.24) is 20.4 Å². The number of nitrogens with one attached hydrogen (secondary N) is 3. The Bertz CT molecular complexity index is 580. The summed E-state index contributed by atoms with van der Waals surface area (Å²) < 4.78 is 75.7. The lowest BCUT2D eigenvalue weighted by atomic mass is 10.1. The van der Waals surface area contributed by atoms with Crippen molar-refractivity contribution in [2.75, 3.05) is 0 Å². The van der Waals surface area contributed by atoms with Gasteiger partial charge in [0.1, 0.15) is 28.2 Å². The molecule has 5 nitrogen and oxygen atoms in total. The second kappa shape index (κ2) is 4.35. The van der Waals surface area contributed by atoms with E-state index < -0.39 is 40.6 Å². The van der Waals surface area contributed by atoms with Crippen molar-refractivity contribution < 1.29 is 26.3 Å². The molecule has 0 aliphatic rings. The van der Waals surface area contributed by atoms with Gasteiger partial charge >= 0.3 is 12.4 Å². The summed E-state index contributed by atoms with van der Waals surface area (Å²) in [5.74, 6) is 0. The Kier molecular flexibility index (Phi) is 3.07. The minimum absolute atomic E-state index is 0.462. The molecule has 0 saturated heterocycles. The van der Waals surface area contributed by atoms with Crippen molar-refractivity contribution in [2.45, 2.75) is 12.4 Å². The molecule has 0 spiro atoms. The molecule has 2 rings (SSSR count). The van der Waals surface area contributed by atoms with E-state index in [-0.39, 0.29) is 0 Å². The van der Waals surface area contributed by atoms with Gasteiger partial charge in [-0.1, -0.05) is 0 Å². The highest BCUT2D eigenvalue weighted by molar-refractivity contribution is 6.10. The van der Waals surface area contributed by atoms with Crippen molar-refractivity contribution in [1.29, 1.82) is 5.41 Å². The Hall–Kier alpha value is -2.33. The first-order valence-corrected chi connectivity index (χ1v) is 4.93. The number of hydrogen-bond acceptors (Lipinski definition) is 3. The minimum atomic E-state index is -4.84. The second-order valence-electron chi connectivity index (χ2n) is 3.67. The molecule has 108 valence electrons. The molecule has 0 amide bonds. The number of hydrogen-bond donors (Lipinski definition) is 3. The normalized spacial score (nSPS) is 12.7. The van der Waals surface area contributed by atoms with Gasteiger partial charge < -0.3 is 0 Å². The number of halogens is 6. The minimum Gasteiger partial charge on any atom is -0.296 e. The lowest BCUT2D eigenvalue weighted by molar-refractivity contribution is -0.138. The third kappa shape index (κ3) is 2.38. The maximum Gasteiger partial charge on any atom is 0.420 e. The van der Waals surface area contributed by atoms with E-state index in [0.29, 0.717) is 12.4 Å². The number of alkyl halides is 6. The largest absolute Gasteiger partial charge is 0.420 e. The van der Waals surface area contributed by atoms with Crippen molar-refractivity contribution in [2.24, 2.45) is 0 Å². The molecule has 2 heterocycles. The summed E-state index contributed by atoms with van der Waals surface area (Å²) in [5, 5.41) is 17.6. The predicted molar refractivity (Wildman–Crippen MR) is 53.1 cm³/mol. The Morgan fingerprint density at radius 3 is 1.50 bits per heavy atom. The van der Waals surface area contributed by atoms with Gasteiger partial charge in [-0.3, -0.25) is 15.6 Å². The zero-order valence-corrected chi connectivity index (χ0v) is 9.32. The standard InChI is InChI=1S/C9H5F6N5/c10-8(11,12)3-1-17-19-6(3)5(16)7-4(2-18-20-7)9(13,14)15/h1-2,16H,(H,17,19)(H,18,20). The van der Waals surface area contributed by atoms with E-state index in [1.54, 1.807) is 0 Å². The monoisotopic (exact) mass is 297 g/mol. The topological polar surface area (TPSA) is 81.2 Å². The predicted octanol–water partition coefficient (Wildman–Crippen LogP) is 2.59. The van der Waals surface area contributed by atoms with Crippen LogP contribution in [0.4, 0.5) is 26.3 Å². The first-order valence-electron chi connectivity index (χ1n) is 4.93. The number of aromatic amines is 2. The molecule has 0 radical (unpaired) electrons. The van der Waals surface area contributed by atoms with Gasteiger partial charge in [0, 0.05) is 12.4 Å². The maximum absolute atomic E-state index is 12.6. The summed E-state index contributed by atoms with van der Waals surface area (Å²) in [6.45, 7) is 0. The molecule has 0 unspecified atom stereocenters. The van der Waals surface area contributed by atoms with Gasteiger partial charge in [-0.25, -0.2) is 0 Å². The SMILES string of the molecule is N=C(c1n[nH]cc1C(F)(F)F)c1n[nH]cc1C(F)(F)F. The quantitative estimate of drug-likeness (QED) is 0.588. The molecule has 0 fully saturated rings. The van der Waals surface area contributed by atoms with Crippen LogP contribution in [0, 0.1) is 5.41 Å². The fraction of sp³-hybridized carbons (Fsp3) is 0.222. The van der Waals surface area contributed by atoms with E-state index in [1.807, 2.05) is 10.2 Å². The van der Waals surface area contributed by atoms with Gasteiger partial charge in [-0.15, -0.1) is 0 Å². The summed E-state index contributed by atoms with van der Waals surface area (Å²) in [7, 11) is 0. The van der Waals surface area contributed by atoms with Crippen LogP contribution < -0.4 is 0 Å². The fourth-order valence-corrected chi connectivity index (χ4v) is 1.51. The lowest BCUT2D eigenvalue weighted by Gasteiger charge is -2.08. The smallest absolute Gasteiger partial charge is 0.296 e. The van der Waals surface area contributed by atoms with Crippen molar-refractivity contribution in [3.05, 3.63) is 34.9 Å². The number of aromatic nitrogens is 4. The average Bonchev–Trinajstić information content (AvgIpc) is 2.95. The molecule has 2 aromatic heterocycles. The summed E-state index contributed by atoms with van der Waals surface area (Å²) in [5.41, 5.74) is -5.64. The van der Waals surface area contributed by atoms with Crippen LogP contribution in [0.5, 0.6) is 0 Å². The molecule has 20 heavy (non-hydrogen) atoms. The zero-order valence-electron chi connectivity index (χ0n) is 9.32. The Labute approximate surface area is 106 Å². The first-order chi connectivity index (χ1) is 9.12. The molecule has 0 aliphatic heterocycles. The summed E-state index contributed by atoms with van der Waals surface area (Å²) in [4.78, 5) is 0. The summed E-state index contributed by atoms with van der Waals surface area (Å²) in [6, 6.07) is 0. The highest BCUT2D eigenvalue weighted by atomic mass is 19.4. The van der Waals surface area contributed by atoms with Crippen LogP contribution in [-0.2, 0) is 12.4 Å². The van der Waals surface area contributed by atoms with Crippen LogP contribution in [0.2, 0.25) is 0 Å². The van der Waals surface area contributed by atoms with Gasteiger partial charge in [0.25, 0.3) is 0 Å². The average molecular weight is 297 g/mol. The fourth-order valence-electron chi connectivity index (χ4n) is 1.51. The summed E-state index contributed by atoms with van der Waals surface area (Å²) >= 11 is 0. The van der Waals surface area contributed by atoms with Crippen LogP contribution in [0.25, 0.3) is 0 Å². The molecule has 11 heteroatoms. The molecule has 0 atom stereocenters. The van der Waals surface area contributed by atoms with Gasteiger partial charge in [-0.2, -0.15) is 36.5 Å². The van der Waals surface area contributed by atoms with E-state index in [4.69, 9.17) is 5.41 Å². The third-order valence-electron chi connectivity index (χ3n) is 2.37. The Morgan fingerprint density at radius 1 is 0.850 bits per heavy atom. The van der Waals surface area contributed by atoms with Gasteiger partial charge in [0.2, 0.25) is 0 Å². The van der Waals surface area contributed by atoms with Gasteiger partial charge in [0.15, 0.2) is 0 Å². The zero-order chi connectivity index (χ0) is 15.1. The van der Waals surface area contributed by atoms with Gasteiger partial charge in [-0.05, 0) is 0 Å². The molecule has 0 aromatic carbocycles. The van der Waals surface area contributed by atoms with E-state index in [0.717, 1.165) is 0 Å². The molecule has 2 aromatic rings. The molecule has 3 N–H and O–H groups in total. The number of rotatable bonds is 2. The highest BCUT2D eigenvalue weighted by Crippen LogP contribution is 2.34. The Balaban J connectivity index is 2.49. The first kappa shape index (κ1) is 14.1. The molecule has 0 aliphatic carbocycles. The van der Waals surface area contributed by atoms with Crippen molar-refractivity contribution in [3.8, 4) is 0 Å². The van der Waals surface area contributed by atoms with Crippen LogP contribution in [0.3, 0.4) is 0 Å². The maximum atomic E-state index is 12.6. The van der Waals surface area contributed by atoms with E-state index in [2.05, 4.69) is 10.2 Å². The number of H-pyrrole nitrogens is 2. The molecular weight excluding hydrogens is 292 g/mol. The Morgan fingerprint density at radius 2 is 1.20 bits per heavy atom. The van der Waals surface area contributed by atoms with Crippen LogP contribution in [0.15, 0.2) is 12.4 Å². The van der Waals surface area contributed by atoms with E-state index >= 15 is 0 Å². The highest BCUT2D eigenvalue weighted by Gasteiger charge is 2.40. The second-order valence-corrected chi connectivity index (χ2v) is 3.67. The van der Waals surface area contributed by atoms with Crippen molar-refractivity contribution in [3.63, 3.8) is 0 Å². The van der Waals surface area contributed by atoms with E-state index in [9.17, 15) is 26.3 Å². The molecular formula is C9H5F6N5. The van der Waals surface area contributed by atoms with Crippen molar-refractivity contribution >= 4 is 5.71 Å². The van der Waals surface area contributed by atoms with Crippen LogP contribution >= 0.6 is 0 Å². The lowest BCUT2D eigenvalue weighted by Crippen LogP contribution is -2.16.